The van der Waals surface area contributed by atoms with Gasteiger partial charge in [-0.2, -0.15) is 0 Å². The molecule has 6 heteroatoms. The van der Waals surface area contributed by atoms with Gasteiger partial charge in [-0.3, -0.25) is 4.79 Å². The first-order valence-corrected chi connectivity index (χ1v) is 6.93. The van der Waals surface area contributed by atoms with Crippen LogP contribution in [0.1, 0.15) is 22.3 Å². The highest BCUT2D eigenvalue weighted by atomic mass is 16.5. The molecule has 0 saturated carbocycles. The number of hydrogen-bond donors (Lipinski definition) is 1. The van der Waals surface area contributed by atoms with E-state index < -0.39 is 11.5 Å². The molecule has 0 saturated heterocycles. The Hall–Kier alpha value is -2.89. The molecule has 1 N–H and O–H groups in total. The number of carbonyl (C=O) groups excluding carboxylic acids is 1. The normalized spacial score (nSPS) is 10.7. The van der Waals surface area contributed by atoms with Gasteiger partial charge in [0.1, 0.15) is 17.4 Å². The molecule has 0 aliphatic carbocycles. The van der Waals surface area contributed by atoms with Crippen LogP contribution in [0.25, 0.3) is 11.0 Å². The standard InChI is InChI=1S/C16H14N2O4/c19-15(17-7-3-4-11-9-18-21-10-11)13-8-12-5-1-2-6-14(12)22-16(13)20/h1-2,5-6,8-10H,3-4,7H2,(H,17,19). The highest BCUT2D eigenvalue weighted by Crippen LogP contribution is 2.12. The van der Waals surface area contributed by atoms with E-state index in [2.05, 4.69) is 10.5 Å². The number of amides is 1. The maximum absolute atomic E-state index is 12.1. The molecular formula is C16H14N2O4. The third kappa shape index (κ3) is 3.06. The van der Waals surface area contributed by atoms with Crippen LogP contribution in [0.5, 0.6) is 0 Å². The molecule has 3 aromatic rings. The predicted molar refractivity (Wildman–Crippen MR) is 79.6 cm³/mol. The van der Waals surface area contributed by atoms with Gasteiger partial charge in [-0.15, -0.1) is 0 Å². The van der Waals surface area contributed by atoms with E-state index in [0.29, 0.717) is 12.1 Å². The van der Waals surface area contributed by atoms with E-state index in [0.717, 1.165) is 23.8 Å². The summed E-state index contributed by atoms with van der Waals surface area (Å²) in [5.74, 6) is -0.426. The molecule has 22 heavy (non-hydrogen) atoms. The Morgan fingerprint density at radius 1 is 1.27 bits per heavy atom. The molecule has 0 atom stereocenters. The van der Waals surface area contributed by atoms with Crippen molar-refractivity contribution in [1.29, 1.82) is 0 Å². The zero-order valence-corrected chi connectivity index (χ0v) is 11.7. The maximum Gasteiger partial charge on any atom is 0.349 e. The molecule has 0 fully saturated rings. The maximum atomic E-state index is 12.1. The molecule has 0 aliphatic rings. The fourth-order valence-electron chi connectivity index (χ4n) is 2.16. The summed E-state index contributed by atoms with van der Waals surface area (Å²) < 4.78 is 9.87. The summed E-state index contributed by atoms with van der Waals surface area (Å²) in [6, 6.07) is 8.63. The van der Waals surface area contributed by atoms with Crippen LogP contribution in [0.4, 0.5) is 0 Å². The summed E-state index contributed by atoms with van der Waals surface area (Å²) in [5.41, 5.74) is 0.829. The second-order valence-corrected chi connectivity index (χ2v) is 4.88. The summed E-state index contributed by atoms with van der Waals surface area (Å²) in [6.07, 6.45) is 4.68. The Labute approximate surface area is 125 Å². The van der Waals surface area contributed by atoms with E-state index >= 15 is 0 Å². The Morgan fingerprint density at radius 2 is 2.14 bits per heavy atom. The minimum absolute atomic E-state index is 0.0173. The Bertz CT molecular complexity index is 837. The third-order valence-electron chi connectivity index (χ3n) is 3.30. The van der Waals surface area contributed by atoms with E-state index in [9.17, 15) is 9.59 Å². The van der Waals surface area contributed by atoms with Crippen molar-refractivity contribution in [3.05, 3.63) is 64.3 Å². The Balaban J connectivity index is 1.64. The molecule has 112 valence electrons. The predicted octanol–water partition coefficient (Wildman–Crippen LogP) is 2.14. The van der Waals surface area contributed by atoms with Crippen LogP contribution in [0, 0.1) is 0 Å². The molecule has 0 aliphatic heterocycles. The van der Waals surface area contributed by atoms with Gasteiger partial charge in [0, 0.05) is 17.5 Å². The second-order valence-electron chi connectivity index (χ2n) is 4.88. The van der Waals surface area contributed by atoms with Crippen LogP contribution < -0.4 is 10.9 Å². The second kappa shape index (κ2) is 6.26. The minimum atomic E-state index is -0.629. The van der Waals surface area contributed by atoms with Crippen LogP contribution in [-0.4, -0.2) is 17.6 Å². The van der Waals surface area contributed by atoms with Crippen molar-refractivity contribution in [3.8, 4) is 0 Å². The Kier molecular flexibility index (Phi) is 4.00. The first-order chi connectivity index (χ1) is 10.7. The lowest BCUT2D eigenvalue weighted by Crippen LogP contribution is -2.29. The molecule has 3 rings (SSSR count). The molecule has 0 spiro atoms. The van der Waals surface area contributed by atoms with Crippen LogP contribution in [0.2, 0.25) is 0 Å². The summed E-state index contributed by atoms with van der Waals surface area (Å²) in [6.45, 7) is 0.455. The number of aromatic nitrogens is 1. The van der Waals surface area contributed by atoms with Crippen molar-refractivity contribution in [3.63, 3.8) is 0 Å². The van der Waals surface area contributed by atoms with Crippen LogP contribution in [-0.2, 0) is 6.42 Å². The molecule has 0 radical (unpaired) electrons. The highest BCUT2D eigenvalue weighted by molar-refractivity contribution is 5.96. The van der Waals surface area contributed by atoms with Crippen molar-refractivity contribution in [1.82, 2.24) is 10.5 Å². The van der Waals surface area contributed by atoms with Gasteiger partial charge in [0.2, 0.25) is 0 Å². The monoisotopic (exact) mass is 298 g/mol. The average Bonchev–Trinajstić information content (AvgIpc) is 3.04. The smallest absolute Gasteiger partial charge is 0.349 e. The number of rotatable bonds is 5. The van der Waals surface area contributed by atoms with Crippen molar-refractivity contribution in [2.45, 2.75) is 12.8 Å². The largest absolute Gasteiger partial charge is 0.422 e. The molecule has 0 bridgehead atoms. The van der Waals surface area contributed by atoms with E-state index in [-0.39, 0.29) is 5.56 Å². The number of hydrogen-bond acceptors (Lipinski definition) is 5. The number of fused-ring (bicyclic) bond motifs is 1. The molecule has 1 aromatic carbocycles. The van der Waals surface area contributed by atoms with Gasteiger partial charge in [-0.05, 0) is 25.0 Å². The third-order valence-corrected chi connectivity index (χ3v) is 3.30. The fourth-order valence-corrected chi connectivity index (χ4v) is 2.16. The number of nitrogens with one attached hydrogen (secondary N) is 1. The fraction of sp³-hybridized carbons (Fsp3) is 0.188. The molecular weight excluding hydrogens is 284 g/mol. The van der Waals surface area contributed by atoms with E-state index in [4.69, 9.17) is 8.94 Å². The van der Waals surface area contributed by atoms with Gasteiger partial charge >= 0.3 is 5.63 Å². The van der Waals surface area contributed by atoms with Crippen LogP contribution in [0.15, 0.2) is 56.5 Å². The summed E-state index contributed by atoms with van der Waals surface area (Å²) in [5, 5.41) is 7.04. The Morgan fingerprint density at radius 3 is 2.95 bits per heavy atom. The first-order valence-electron chi connectivity index (χ1n) is 6.93. The molecule has 6 nitrogen and oxygen atoms in total. The highest BCUT2D eigenvalue weighted by Gasteiger charge is 2.12. The van der Waals surface area contributed by atoms with Gasteiger partial charge < -0.3 is 14.3 Å². The zero-order valence-electron chi connectivity index (χ0n) is 11.7. The summed E-state index contributed by atoms with van der Waals surface area (Å²) >= 11 is 0. The van der Waals surface area contributed by atoms with Crippen LogP contribution >= 0.6 is 0 Å². The van der Waals surface area contributed by atoms with E-state index in [1.807, 2.05) is 6.07 Å². The van der Waals surface area contributed by atoms with Gasteiger partial charge in [0.05, 0.1) is 6.20 Å². The lowest BCUT2D eigenvalue weighted by molar-refractivity contribution is 0.0949. The number of carbonyl (C=O) groups is 1. The lowest BCUT2D eigenvalue weighted by atomic mass is 10.1. The SMILES string of the molecule is O=C(NCCCc1cnoc1)c1cc2ccccc2oc1=O. The molecule has 0 unspecified atom stereocenters. The van der Waals surface area contributed by atoms with Crippen molar-refractivity contribution in [2.75, 3.05) is 6.54 Å². The van der Waals surface area contributed by atoms with Crippen LogP contribution in [0.3, 0.4) is 0 Å². The van der Waals surface area contributed by atoms with Gasteiger partial charge in [-0.1, -0.05) is 23.4 Å². The molecule has 1 amide bonds. The summed E-state index contributed by atoms with van der Waals surface area (Å²) in [7, 11) is 0. The summed E-state index contributed by atoms with van der Waals surface area (Å²) in [4.78, 5) is 23.9. The van der Waals surface area contributed by atoms with Crippen molar-refractivity contribution >= 4 is 16.9 Å². The van der Waals surface area contributed by atoms with Crippen molar-refractivity contribution < 1.29 is 13.7 Å². The minimum Gasteiger partial charge on any atom is -0.422 e. The lowest BCUT2D eigenvalue weighted by Gasteiger charge is -2.04. The average molecular weight is 298 g/mol. The zero-order chi connectivity index (χ0) is 15.4. The number of aryl methyl sites for hydroxylation is 1. The molecule has 2 heterocycles. The topological polar surface area (TPSA) is 85.3 Å². The first kappa shape index (κ1) is 14.1. The number of benzene rings is 1. The number of nitrogens with zero attached hydrogens (tertiary/aromatic N) is 1. The van der Waals surface area contributed by atoms with E-state index in [1.54, 1.807) is 36.7 Å². The van der Waals surface area contributed by atoms with Gasteiger partial charge in [0.25, 0.3) is 5.91 Å². The van der Waals surface area contributed by atoms with Gasteiger partial charge in [0.15, 0.2) is 0 Å². The quantitative estimate of drug-likeness (QED) is 0.576. The number of para-hydroxylation sites is 1. The van der Waals surface area contributed by atoms with E-state index in [1.165, 1.54) is 0 Å². The van der Waals surface area contributed by atoms with Crippen molar-refractivity contribution in [2.24, 2.45) is 0 Å². The molecule has 2 aromatic heterocycles. The van der Waals surface area contributed by atoms with Gasteiger partial charge in [-0.25, -0.2) is 4.79 Å².